The Bertz CT molecular complexity index is 392. The first-order valence-corrected chi connectivity index (χ1v) is 4.08. The van der Waals surface area contributed by atoms with Gasteiger partial charge < -0.3 is 5.11 Å². The van der Waals surface area contributed by atoms with E-state index < -0.39 is 11.9 Å². The van der Waals surface area contributed by atoms with Gasteiger partial charge in [-0.15, -0.1) is 0 Å². The summed E-state index contributed by atoms with van der Waals surface area (Å²) in [6.45, 7) is 0.564. The minimum Gasteiger partial charge on any atom is -0.481 e. The van der Waals surface area contributed by atoms with E-state index in [1.807, 2.05) is 0 Å². The Kier molecular flexibility index (Phi) is 1.68. The van der Waals surface area contributed by atoms with Gasteiger partial charge in [0.15, 0.2) is 0 Å². The molecule has 1 aliphatic heterocycles. The van der Waals surface area contributed by atoms with Crippen LogP contribution in [0, 0.1) is 0 Å². The molecule has 13 heavy (non-hydrogen) atoms. The number of carboxylic acids is 1. The molecule has 0 aromatic carbocycles. The standard InChI is InChI=1S/C7H9N3O3/c11-6(12)4-2-1-3-10-5(4)8-9-7(10)13/h4H,1-3H2,(H,9,13)(H,11,12)/t4-/m1/s1. The third kappa shape index (κ3) is 1.14. The highest BCUT2D eigenvalue weighted by atomic mass is 16.4. The summed E-state index contributed by atoms with van der Waals surface area (Å²) >= 11 is 0. The van der Waals surface area contributed by atoms with E-state index >= 15 is 0 Å². The van der Waals surface area contributed by atoms with Crippen LogP contribution in [0.4, 0.5) is 0 Å². The zero-order chi connectivity index (χ0) is 9.42. The predicted octanol–water partition coefficient (Wildman–Crippen LogP) is -0.467. The van der Waals surface area contributed by atoms with Crippen LogP contribution in [0.3, 0.4) is 0 Å². The first-order valence-electron chi connectivity index (χ1n) is 4.08. The number of aromatic nitrogens is 3. The Hall–Kier alpha value is -1.59. The zero-order valence-electron chi connectivity index (χ0n) is 6.86. The highest BCUT2D eigenvalue weighted by molar-refractivity contribution is 5.74. The zero-order valence-corrected chi connectivity index (χ0v) is 6.86. The number of fused-ring (bicyclic) bond motifs is 1. The molecule has 6 heteroatoms. The van der Waals surface area contributed by atoms with E-state index in [2.05, 4.69) is 10.2 Å². The lowest BCUT2D eigenvalue weighted by Crippen LogP contribution is -2.27. The van der Waals surface area contributed by atoms with E-state index in [1.54, 1.807) is 0 Å². The molecule has 0 radical (unpaired) electrons. The maximum absolute atomic E-state index is 11.1. The van der Waals surface area contributed by atoms with Gasteiger partial charge in [-0.1, -0.05) is 0 Å². The van der Waals surface area contributed by atoms with Crippen molar-refractivity contribution in [3.63, 3.8) is 0 Å². The van der Waals surface area contributed by atoms with Crippen LogP contribution in [0.2, 0.25) is 0 Å². The normalized spacial score (nSPS) is 21.1. The van der Waals surface area contributed by atoms with Gasteiger partial charge in [0.1, 0.15) is 11.7 Å². The summed E-state index contributed by atoms with van der Waals surface area (Å²) in [5, 5.41) is 14.8. The topological polar surface area (TPSA) is 88.0 Å². The average molecular weight is 183 g/mol. The summed E-state index contributed by atoms with van der Waals surface area (Å²) in [7, 11) is 0. The summed E-state index contributed by atoms with van der Waals surface area (Å²) in [5.74, 6) is -1.20. The van der Waals surface area contributed by atoms with Gasteiger partial charge in [0.2, 0.25) is 0 Å². The third-order valence-corrected chi connectivity index (χ3v) is 2.27. The quantitative estimate of drug-likeness (QED) is 0.616. The monoisotopic (exact) mass is 183 g/mol. The summed E-state index contributed by atoms with van der Waals surface area (Å²) in [5.41, 5.74) is -0.319. The molecule has 0 amide bonds. The number of carboxylic acid groups (broad SMARTS) is 1. The fourth-order valence-corrected chi connectivity index (χ4v) is 1.63. The summed E-state index contributed by atoms with van der Waals surface area (Å²) < 4.78 is 1.39. The van der Waals surface area contributed by atoms with Crippen molar-refractivity contribution in [2.45, 2.75) is 25.3 Å². The van der Waals surface area contributed by atoms with Crippen molar-refractivity contribution in [1.29, 1.82) is 0 Å². The number of hydrogen-bond acceptors (Lipinski definition) is 3. The molecule has 0 spiro atoms. The van der Waals surface area contributed by atoms with Crippen LogP contribution >= 0.6 is 0 Å². The van der Waals surface area contributed by atoms with Crippen molar-refractivity contribution >= 4 is 5.97 Å². The van der Waals surface area contributed by atoms with E-state index in [0.717, 1.165) is 0 Å². The Morgan fingerprint density at radius 3 is 3.15 bits per heavy atom. The molecule has 1 aliphatic rings. The van der Waals surface area contributed by atoms with Gasteiger partial charge in [-0.25, -0.2) is 9.89 Å². The maximum atomic E-state index is 11.1. The Labute approximate surface area is 73.2 Å². The van der Waals surface area contributed by atoms with Gasteiger partial charge in [-0.2, -0.15) is 5.10 Å². The van der Waals surface area contributed by atoms with Crippen LogP contribution in [-0.2, 0) is 11.3 Å². The predicted molar refractivity (Wildman–Crippen MR) is 42.5 cm³/mol. The summed E-state index contributed by atoms with van der Waals surface area (Å²) in [6, 6.07) is 0. The molecule has 2 heterocycles. The first kappa shape index (κ1) is 8.03. The number of nitrogens with one attached hydrogen (secondary N) is 1. The molecule has 0 saturated heterocycles. The molecule has 0 fully saturated rings. The number of aliphatic carboxylic acids is 1. The number of rotatable bonds is 1. The van der Waals surface area contributed by atoms with Gasteiger partial charge in [0.05, 0.1) is 0 Å². The van der Waals surface area contributed by atoms with Gasteiger partial charge in [-0.3, -0.25) is 9.36 Å². The highest BCUT2D eigenvalue weighted by Gasteiger charge is 2.29. The molecule has 1 aromatic heterocycles. The maximum Gasteiger partial charge on any atom is 0.343 e. The smallest absolute Gasteiger partial charge is 0.343 e. The highest BCUT2D eigenvalue weighted by Crippen LogP contribution is 2.23. The molecule has 70 valence electrons. The Morgan fingerprint density at radius 2 is 2.46 bits per heavy atom. The second kappa shape index (κ2) is 2.72. The largest absolute Gasteiger partial charge is 0.481 e. The Morgan fingerprint density at radius 1 is 1.69 bits per heavy atom. The van der Waals surface area contributed by atoms with Gasteiger partial charge in [0, 0.05) is 6.54 Å². The number of H-pyrrole nitrogens is 1. The van der Waals surface area contributed by atoms with Crippen LogP contribution in [0.5, 0.6) is 0 Å². The first-order chi connectivity index (χ1) is 6.20. The summed E-state index contributed by atoms with van der Waals surface area (Å²) in [4.78, 5) is 21.8. The van der Waals surface area contributed by atoms with E-state index in [1.165, 1.54) is 4.57 Å². The molecule has 0 bridgehead atoms. The van der Waals surface area contributed by atoms with E-state index in [9.17, 15) is 9.59 Å². The van der Waals surface area contributed by atoms with Crippen LogP contribution < -0.4 is 5.69 Å². The number of hydrogen-bond donors (Lipinski definition) is 2. The van der Waals surface area contributed by atoms with Gasteiger partial charge in [0.25, 0.3) is 0 Å². The molecular weight excluding hydrogens is 174 g/mol. The van der Waals surface area contributed by atoms with Crippen molar-refractivity contribution in [3.8, 4) is 0 Å². The number of aromatic amines is 1. The van der Waals surface area contributed by atoms with Crippen LogP contribution in [0.25, 0.3) is 0 Å². The van der Waals surface area contributed by atoms with Crippen LogP contribution in [0.1, 0.15) is 24.6 Å². The fraction of sp³-hybridized carbons (Fsp3) is 0.571. The van der Waals surface area contributed by atoms with Crippen LogP contribution in [-0.4, -0.2) is 25.8 Å². The van der Waals surface area contributed by atoms with Crippen molar-refractivity contribution < 1.29 is 9.90 Å². The number of nitrogens with zero attached hydrogens (tertiary/aromatic N) is 2. The lowest BCUT2D eigenvalue weighted by atomic mass is 9.99. The Balaban J connectivity index is 2.49. The van der Waals surface area contributed by atoms with E-state index in [-0.39, 0.29) is 5.69 Å². The van der Waals surface area contributed by atoms with Crippen molar-refractivity contribution in [2.24, 2.45) is 0 Å². The van der Waals surface area contributed by atoms with Gasteiger partial charge >= 0.3 is 11.7 Å². The molecule has 1 atom stereocenters. The SMILES string of the molecule is O=C(O)[C@@H]1CCCn2c1n[nH]c2=O. The van der Waals surface area contributed by atoms with E-state index in [4.69, 9.17) is 5.11 Å². The van der Waals surface area contributed by atoms with Crippen molar-refractivity contribution in [3.05, 3.63) is 16.3 Å². The molecule has 2 N–H and O–H groups in total. The lowest BCUT2D eigenvalue weighted by Gasteiger charge is -2.17. The second-order valence-corrected chi connectivity index (χ2v) is 3.07. The fourth-order valence-electron chi connectivity index (χ4n) is 1.63. The average Bonchev–Trinajstić information content (AvgIpc) is 2.48. The van der Waals surface area contributed by atoms with Crippen molar-refractivity contribution in [2.75, 3.05) is 0 Å². The molecule has 2 rings (SSSR count). The van der Waals surface area contributed by atoms with E-state index in [0.29, 0.717) is 25.2 Å². The molecule has 0 saturated carbocycles. The minimum absolute atomic E-state index is 0.319. The molecule has 0 unspecified atom stereocenters. The van der Waals surface area contributed by atoms with Crippen LogP contribution in [0.15, 0.2) is 4.79 Å². The van der Waals surface area contributed by atoms with Crippen molar-refractivity contribution in [1.82, 2.24) is 14.8 Å². The minimum atomic E-state index is -0.917. The molecule has 6 nitrogen and oxygen atoms in total. The number of carbonyl (C=O) groups is 1. The summed E-state index contributed by atoms with van der Waals surface area (Å²) in [6.07, 6.45) is 1.27. The molecular formula is C7H9N3O3. The third-order valence-electron chi connectivity index (χ3n) is 2.27. The molecule has 0 aliphatic carbocycles. The van der Waals surface area contributed by atoms with Gasteiger partial charge in [-0.05, 0) is 12.8 Å². The lowest BCUT2D eigenvalue weighted by molar-refractivity contribution is -0.139. The second-order valence-electron chi connectivity index (χ2n) is 3.07. The molecule has 1 aromatic rings.